The molecule has 0 unspecified atom stereocenters. The molecule has 0 saturated heterocycles. The molecule has 18 heavy (non-hydrogen) atoms. The van der Waals surface area contributed by atoms with Gasteiger partial charge in [0.15, 0.2) is 0 Å². The molecule has 4 nitrogen and oxygen atoms in total. The van der Waals surface area contributed by atoms with Gasteiger partial charge in [-0.2, -0.15) is 5.26 Å². The largest absolute Gasteiger partial charge is 0.508 e. The van der Waals surface area contributed by atoms with Crippen molar-refractivity contribution in [2.75, 3.05) is 5.32 Å². The van der Waals surface area contributed by atoms with Crippen molar-refractivity contribution in [3.63, 3.8) is 0 Å². The van der Waals surface area contributed by atoms with Gasteiger partial charge >= 0.3 is 0 Å². The minimum absolute atomic E-state index is 0.0303. The zero-order valence-corrected chi connectivity index (χ0v) is 9.59. The lowest BCUT2D eigenvalue weighted by Gasteiger charge is -2.08. The van der Waals surface area contributed by atoms with Gasteiger partial charge in [-0.25, -0.2) is 0 Å². The Kier molecular flexibility index (Phi) is 3.35. The number of anilines is 1. The number of nitriles is 1. The molecule has 0 aliphatic heterocycles. The first-order chi connectivity index (χ1) is 8.69. The number of phenols is 2. The summed E-state index contributed by atoms with van der Waals surface area (Å²) in [7, 11) is 0. The molecule has 2 aromatic rings. The van der Waals surface area contributed by atoms with Crippen LogP contribution in [0.4, 0.5) is 5.69 Å². The molecule has 0 saturated carbocycles. The van der Waals surface area contributed by atoms with E-state index in [0.29, 0.717) is 17.7 Å². The summed E-state index contributed by atoms with van der Waals surface area (Å²) in [6.07, 6.45) is 0. The second-order valence-electron chi connectivity index (χ2n) is 3.86. The number of aromatic hydroxyl groups is 2. The summed E-state index contributed by atoms with van der Waals surface area (Å²) in [4.78, 5) is 0. The van der Waals surface area contributed by atoms with Crippen LogP contribution in [-0.4, -0.2) is 10.2 Å². The first-order valence-electron chi connectivity index (χ1n) is 5.44. The third-order valence-electron chi connectivity index (χ3n) is 2.54. The Balaban J connectivity index is 2.09. The molecular formula is C14H12N2O2. The third kappa shape index (κ3) is 2.71. The SMILES string of the molecule is N#Cc1cccc(NCc2ccc(O)cc2O)c1. The highest BCUT2D eigenvalue weighted by molar-refractivity contribution is 5.50. The topological polar surface area (TPSA) is 76.3 Å². The van der Waals surface area contributed by atoms with Crippen LogP contribution in [0.2, 0.25) is 0 Å². The van der Waals surface area contributed by atoms with Gasteiger partial charge in [-0.05, 0) is 30.3 Å². The highest BCUT2D eigenvalue weighted by Crippen LogP contribution is 2.23. The molecule has 0 aromatic heterocycles. The molecule has 0 spiro atoms. The fourth-order valence-electron chi connectivity index (χ4n) is 1.60. The van der Waals surface area contributed by atoms with Crippen LogP contribution in [0.25, 0.3) is 0 Å². The van der Waals surface area contributed by atoms with Gasteiger partial charge in [0.2, 0.25) is 0 Å². The van der Waals surface area contributed by atoms with Gasteiger partial charge < -0.3 is 15.5 Å². The monoisotopic (exact) mass is 240 g/mol. The maximum Gasteiger partial charge on any atom is 0.124 e. The number of phenolic OH excluding ortho intramolecular Hbond substituents is 2. The first kappa shape index (κ1) is 11.8. The van der Waals surface area contributed by atoms with Gasteiger partial charge in [-0.3, -0.25) is 0 Å². The van der Waals surface area contributed by atoms with E-state index < -0.39 is 0 Å². The second-order valence-corrected chi connectivity index (χ2v) is 3.86. The van der Waals surface area contributed by atoms with Gasteiger partial charge in [0.1, 0.15) is 11.5 Å². The van der Waals surface area contributed by atoms with Crippen molar-refractivity contribution in [2.45, 2.75) is 6.54 Å². The fourth-order valence-corrected chi connectivity index (χ4v) is 1.60. The van der Waals surface area contributed by atoms with E-state index in [2.05, 4.69) is 11.4 Å². The number of nitrogens with one attached hydrogen (secondary N) is 1. The number of benzene rings is 2. The van der Waals surface area contributed by atoms with Crippen LogP contribution in [0, 0.1) is 11.3 Å². The number of nitrogens with zero attached hydrogens (tertiary/aromatic N) is 1. The lowest BCUT2D eigenvalue weighted by Crippen LogP contribution is -1.99. The summed E-state index contributed by atoms with van der Waals surface area (Å²) < 4.78 is 0. The van der Waals surface area contributed by atoms with E-state index in [-0.39, 0.29) is 11.5 Å². The lowest BCUT2D eigenvalue weighted by atomic mass is 10.1. The summed E-state index contributed by atoms with van der Waals surface area (Å²) >= 11 is 0. The van der Waals surface area contributed by atoms with Crippen LogP contribution in [0.3, 0.4) is 0 Å². The smallest absolute Gasteiger partial charge is 0.124 e. The van der Waals surface area contributed by atoms with Crippen molar-refractivity contribution in [3.05, 3.63) is 53.6 Å². The number of hydrogen-bond donors (Lipinski definition) is 3. The van der Waals surface area contributed by atoms with Crippen LogP contribution in [0.5, 0.6) is 11.5 Å². The zero-order valence-electron chi connectivity index (χ0n) is 9.59. The highest BCUT2D eigenvalue weighted by Gasteiger charge is 2.02. The van der Waals surface area contributed by atoms with E-state index in [1.54, 1.807) is 24.3 Å². The van der Waals surface area contributed by atoms with Crippen LogP contribution >= 0.6 is 0 Å². The molecule has 90 valence electrons. The van der Waals surface area contributed by atoms with Crippen molar-refractivity contribution in [3.8, 4) is 17.6 Å². The van der Waals surface area contributed by atoms with Gasteiger partial charge in [0.25, 0.3) is 0 Å². The molecule has 2 aromatic carbocycles. The molecule has 2 rings (SSSR count). The minimum Gasteiger partial charge on any atom is -0.508 e. The van der Waals surface area contributed by atoms with Crippen LogP contribution < -0.4 is 5.32 Å². The summed E-state index contributed by atoms with van der Waals surface area (Å²) in [5, 5.41) is 30.7. The normalized spacial score (nSPS) is 9.72. The van der Waals surface area contributed by atoms with E-state index in [1.807, 2.05) is 6.07 Å². The Morgan fingerprint density at radius 2 is 1.94 bits per heavy atom. The molecule has 0 amide bonds. The number of hydrogen-bond acceptors (Lipinski definition) is 4. The molecule has 0 atom stereocenters. The van der Waals surface area contributed by atoms with Crippen molar-refractivity contribution >= 4 is 5.69 Å². The molecule has 0 bridgehead atoms. The predicted molar refractivity (Wildman–Crippen MR) is 68.3 cm³/mol. The molecule has 0 fully saturated rings. The zero-order chi connectivity index (χ0) is 13.0. The Bertz CT molecular complexity index is 603. The van der Waals surface area contributed by atoms with E-state index in [9.17, 15) is 10.2 Å². The molecule has 4 heteroatoms. The summed E-state index contributed by atoms with van der Waals surface area (Å²) in [6.45, 7) is 0.418. The van der Waals surface area contributed by atoms with Crippen molar-refractivity contribution < 1.29 is 10.2 Å². The average molecular weight is 240 g/mol. The predicted octanol–water partition coefficient (Wildman–Crippen LogP) is 2.58. The second kappa shape index (κ2) is 5.11. The Morgan fingerprint density at radius 3 is 2.67 bits per heavy atom. The summed E-state index contributed by atoms with van der Waals surface area (Å²) in [5.74, 6) is 0.0710. The first-order valence-corrected chi connectivity index (χ1v) is 5.44. The maximum absolute atomic E-state index is 9.62. The van der Waals surface area contributed by atoms with E-state index in [0.717, 1.165) is 5.69 Å². The minimum atomic E-state index is 0.0303. The Labute approximate surface area is 105 Å². The molecule has 3 N–H and O–H groups in total. The van der Waals surface area contributed by atoms with Gasteiger partial charge in [-0.15, -0.1) is 0 Å². The van der Waals surface area contributed by atoms with Crippen molar-refractivity contribution in [2.24, 2.45) is 0 Å². The van der Waals surface area contributed by atoms with Gasteiger partial charge in [-0.1, -0.05) is 6.07 Å². The van der Waals surface area contributed by atoms with E-state index in [4.69, 9.17) is 5.26 Å². The number of rotatable bonds is 3. The quantitative estimate of drug-likeness (QED) is 0.770. The fraction of sp³-hybridized carbons (Fsp3) is 0.0714. The van der Waals surface area contributed by atoms with Crippen molar-refractivity contribution in [1.82, 2.24) is 0 Å². The third-order valence-corrected chi connectivity index (χ3v) is 2.54. The van der Waals surface area contributed by atoms with Crippen molar-refractivity contribution in [1.29, 1.82) is 5.26 Å². The summed E-state index contributed by atoms with van der Waals surface area (Å²) in [5.41, 5.74) is 2.06. The molecule has 0 radical (unpaired) electrons. The maximum atomic E-state index is 9.62. The molecular weight excluding hydrogens is 228 g/mol. The van der Waals surface area contributed by atoms with Crippen LogP contribution in [-0.2, 0) is 6.54 Å². The molecule has 0 aliphatic carbocycles. The highest BCUT2D eigenvalue weighted by atomic mass is 16.3. The lowest BCUT2D eigenvalue weighted by molar-refractivity contribution is 0.446. The van der Waals surface area contributed by atoms with Crippen LogP contribution in [0.15, 0.2) is 42.5 Å². The van der Waals surface area contributed by atoms with Gasteiger partial charge in [0, 0.05) is 23.9 Å². The van der Waals surface area contributed by atoms with E-state index >= 15 is 0 Å². The van der Waals surface area contributed by atoms with E-state index in [1.165, 1.54) is 12.1 Å². The molecule has 0 aliphatic rings. The Morgan fingerprint density at radius 1 is 1.11 bits per heavy atom. The average Bonchev–Trinajstić information content (AvgIpc) is 2.38. The van der Waals surface area contributed by atoms with Crippen LogP contribution in [0.1, 0.15) is 11.1 Å². The van der Waals surface area contributed by atoms with Gasteiger partial charge in [0.05, 0.1) is 11.6 Å². The standard InChI is InChI=1S/C14H12N2O2/c15-8-10-2-1-3-12(6-10)16-9-11-4-5-13(17)7-14(11)18/h1-7,16-18H,9H2. The Hall–Kier alpha value is -2.67. The summed E-state index contributed by atoms with van der Waals surface area (Å²) in [6, 6.07) is 13.6. The molecule has 0 heterocycles.